The molecule has 2 aliphatic heterocycles. The largest absolute Gasteiger partial charge is 0.416 e. The van der Waals surface area contributed by atoms with Crippen molar-refractivity contribution >= 4 is 16.9 Å². The van der Waals surface area contributed by atoms with Gasteiger partial charge >= 0.3 is 6.18 Å². The third kappa shape index (κ3) is 3.74. The van der Waals surface area contributed by atoms with Gasteiger partial charge in [0.05, 0.1) is 17.3 Å². The third-order valence-electron chi connectivity index (χ3n) is 6.55. The second kappa shape index (κ2) is 8.24. The van der Waals surface area contributed by atoms with Crippen molar-refractivity contribution in [2.24, 2.45) is 4.99 Å². The molecule has 0 bridgehead atoms. The maximum atomic E-state index is 13.4. The number of aliphatic imine (C=N–C) groups is 1. The van der Waals surface area contributed by atoms with E-state index >= 15 is 0 Å². The molecule has 0 aliphatic carbocycles. The first kappa shape index (κ1) is 22.1. The molecule has 5 rings (SSSR count). The molecule has 172 valence electrons. The van der Waals surface area contributed by atoms with Crippen molar-refractivity contribution in [2.75, 3.05) is 5.75 Å². The van der Waals surface area contributed by atoms with Crippen molar-refractivity contribution in [3.8, 4) is 5.69 Å². The summed E-state index contributed by atoms with van der Waals surface area (Å²) in [6.07, 6.45) is -1.59. The van der Waals surface area contributed by atoms with E-state index in [-0.39, 0.29) is 12.1 Å². The zero-order chi connectivity index (χ0) is 23.3. The molecule has 0 saturated carbocycles. The predicted octanol–water partition coefficient (Wildman–Crippen LogP) is 6.49. The Morgan fingerprint density at radius 2 is 1.91 bits per heavy atom. The van der Waals surface area contributed by atoms with Gasteiger partial charge in [-0.05, 0) is 62.2 Å². The molecule has 0 radical (unpaired) electrons. The molecule has 33 heavy (non-hydrogen) atoms. The second-order valence-corrected chi connectivity index (χ2v) is 9.53. The monoisotopic (exact) mass is 470 g/mol. The fourth-order valence-corrected chi connectivity index (χ4v) is 6.33. The first-order valence-electron chi connectivity index (χ1n) is 11.1. The molecule has 2 aromatic heterocycles. The van der Waals surface area contributed by atoms with Crippen LogP contribution in [-0.2, 0) is 6.18 Å². The zero-order valence-electron chi connectivity index (χ0n) is 18.7. The Morgan fingerprint density at radius 1 is 1.09 bits per heavy atom. The summed E-state index contributed by atoms with van der Waals surface area (Å²) in [5, 5.41) is 1.03. The van der Waals surface area contributed by atoms with E-state index in [4.69, 9.17) is 4.99 Å². The zero-order valence-corrected chi connectivity index (χ0v) is 19.5. The van der Waals surface area contributed by atoms with Crippen LogP contribution in [0.25, 0.3) is 5.69 Å². The van der Waals surface area contributed by atoms with E-state index in [0.717, 1.165) is 46.1 Å². The van der Waals surface area contributed by atoms with Crippen LogP contribution in [0.2, 0.25) is 0 Å². The maximum absolute atomic E-state index is 13.4. The van der Waals surface area contributed by atoms with Crippen LogP contribution in [0.3, 0.4) is 0 Å². The van der Waals surface area contributed by atoms with Gasteiger partial charge in [-0.1, -0.05) is 30.8 Å². The van der Waals surface area contributed by atoms with Gasteiger partial charge in [0.25, 0.3) is 0 Å². The molecule has 1 fully saturated rings. The van der Waals surface area contributed by atoms with E-state index in [9.17, 15) is 13.2 Å². The van der Waals surface area contributed by atoms with Crippen molar-refractivity contribution in [2.45, 2.75) is 51.5 Å². The summed E-state index contributed by atoms with van der Waals surface area (Å²) in [6.45, 7) is 6.12. The quantitative estimate of drug-likeness (QED) is 0.437. The van der Waals surface area contributed by atoms with Crippen molar-refractivity contribution in [1.82, 2.24) is 14.5 Å². The Hall–Kier alpha value is -2.74. The van der Waals surface area contributed by atoms with E-state index in [0.29, 0.717) is 11.7 Å². The number of thioether (sulfide) groups is 1. The van der Waals surface area contributed by atoms with Crippen molar-refractivity contribution < 1.29 is 13.2 Å². The number of alkyl halides is 3. The Balaban J connectivity index is 1.63. The van der Waals surface area contributed by atoms with Gasteiger partial charge in [0.1, 0.15) is 6.04 Å². The number of aromatic nitrogens is 2. The standard InChI is InChI=1S/C25H25F3N4S/c1-4-18-14-33-24-30-22(21-10-5-6-11-29-21)23(32(18)24)20-12-15(2)31(16(20)3)19-9-7-8-17(13-19)25(26,27)28/h5-13,18,22-23H,4,14H2,1-3H3/t18-,22-,23+/m1/s1. The smallest absolute Gasteiger partial charge is 0.338 e. The SMILES string of the molecule is CC[C@@H]1CSC2=N[C@H](c3ccccn3)[C@H](c3cc(C)n(-c4cccc(C(F)(F)F)c4)c3C)N21. The first-order valence-corrected chi connectivity index (χ1v) is 12.0. The molecule has 4 heterocycles. The van der Waals surface area contributed by atoms with Crippen LogP contribution >= 0.6 is 11.8 Å². The number of halogens is 3. The van der Waals surface area contributed by atoms with Gasteiger partial charge in [-0.25, -0.2) is 0 Å². The Morgan fingerprint density at radius 3 is 2.61 bits per heavy atom. The topological polar surface area (TPSA) is 33.4 Å². The summed E-state index contributed by atoms with van der Waals surface area (Å²) < 4.78 is 42.0. The molecule has 0 unspecified atom stereocenters. The summed E-state index contributed by atoms with van der Waals surface area (Å²) in [4.78, 5) is 12.1. The number of pyridine rings is 1. The molecule has 8 heteroatoms. The number of amidine groups is 1. The van der Waals surface area contributed by atoms with E-state index in [2.05, 4.69) is 22.9 Å². The van der Waals surface area contributed by atoms with Crippen LogP contribution < -0.4 is 0 Å². The lowest BCUT2D eigenvalue weighted by atomic mass is 9.95. The number of hydrogen-bond donors (Lipinski definition) is 0. The summed E-state index contributed by atoms with van der Waals surface area (Å²) in [5.41, 5.74) is 3.69. The van der Waals surface area contributed by atoms with Gasteiger partial charge in [0.2, 0.25) is 0 Å². The van der Waals surface area contributed by atoms with Crippen LogP contribution in [0.5, 0.6) is 0 Å². The number of nitrogens with zero attached hydrogens (tertiary/aromatic N) is 4. The molecule has 1 aromatic carbocycles. The van der Waals surface area contributed by atoms with Crippen LogP contribution in [0.4, 0.5) is 13.2 Å². The lowest BCUT2D eigenvalue weighted by Gasteiger charge is -2.32. The first-order chi connectivity index (χ1) is 15.8. The van der Waals surface area contributed by atoms with Crippen LogP contribution in [0, 0.1) is 13.8 Å². The third-order valence-corrected chi connectivity index (χ3v) is 7.68. The normalized spacial score (nSPS) is 22.5. The molecule has 3 aromatic rings. The molecule has 0 spiro atoms. The Labute approximate surface area is 195 Å². The summed E-state index contributed by atoms with van der Waals surface area (Å²) in [6, 6.07) is 13.7. The van der Waals surface area contributed by atoms with Crippen molar-refractivity contribution in [3.63, 3.8) is 0 Å². The van der Waals surface area contributed by atoms with Crippen molar-refractivity contribution in [1.29, 1.82) is 0 Å². The van der Waals surface area contributed by atoms with Gasteiger partial charge in [0, 0.05) is 35.1 Å². The molecule has 2 aliphatic rings. The minimum atomic E-state index is -4.38. The van der Waals surface area contributed by atoms with E-state index in [1.807, 2.05) is 36.6 Å². The number of benzene rings is 1. The minimum Gasteiger partial charge on any atom is -0.338 e. The van der Waals surface area contributed by atoms with Gasteiger partial charge in [0.15, 0.2) is 5.17 Å². The van der Waals surface area contributed by atoms with Crippen LogP contribution in [-0.4, -0.2) is 31.4 Å². The highest BCUT2D eigenvalue weighted by Crippen LogP contribution is 2.49. The number of aryl methyl sites for hydroxylation is 1. The summed E-state index contributed by atoms with van der Waals surface area (Å²) in [5.74, 6) is 0.993. The van der Waals surface area contributed by atoms with Gasteiger partial charge < -0.3 is 9.47 Å². The average Bonchev–Trinajstić information content (AvgIpc) is 3.45. The molecular weight excluding hydrogens is 445 g/mol. The minimum absolute atomic E-state index is 0.0411. The number of rotatable bonds is 4. The molecule has 4 nitrogen and oxygen atoms in total. The van der Waals surface area contributed by atoms with Crippen LogP contribution in [0.1, 0.15) is 53.6 Å². The Kier molecular flexibility index (Phi) is 5.51. The van der Waals surface area contributed by atoms with Crippen LogP contribution in [0.15, 0.2) is 59.7 Å². The fourth-order valence-electron chi connectivity index (χ4n) is 4.99. The van der Waals surface area contributed by atoms with E-state index in [1.54, 1.807) is 24.0 Å². The lowest BCUT2D eigenvalue weighted by Crippen LogP contribution is -2.35. The fraction of sp³-hybridized carbons (Fsp3) is 0.360. The van der Waals surface area contributed by atoms with Crippen molar-refractivity contribution in [3.05, 3.63) is 82.9 Å². The predicted molar refractivity (Wildman–Crippen MR) is 126 cm³/mol. The van der Waals surface area contributed by atoms with Gasteiger partial charge in [-0.15, -0.1) is 0 Å². The number of fused-ring (bicyclic) bond motifs is 1. The molecule has 0 amide bonds. The summed E-state index contributed by atoms with van der Waals surface area (Å²) in [7, 11) is 0. The van der Waals surface area contributed by atoms with Gasteiger partial charge in [-0.3, -0.25) is 9.98 Å². The highest BCUT2D eigenvalue weighted by molar-refractivity contribution is 8.14. The second-order valence-electron chi connectivity index (χ2n) is 8.55. The van der Waals surface area contributed by atoms with Gasteiger partial charge in [-0.2, -0.15) is 13.2 Å². The Bertz CT molecular complexity index is 1200. The lowest BCUT2D eigenvalue weighted by molar-refractivity contribution is -0.137. The number of hydrogen-bond acceptors (Lipinski definition) is 4. The highest BCUT2D eigenvalue weighted by atomic mass is 32.2. The maximum Gasteiger partial charge on any atom is 0.416 e. The molecular formula is C25H25F3N4S. The molecule has 1 saturated heterocycles. The highest BCUT2D eigenvalue weighted by Gasteiger charge is 2.46. The molecule has 3 atom stereocenters. The summed E-state index contributed by atoms with van der Waals surface area (Å²) >= 11 is 1.78. The average molecular weight is 471 g/mol. The van der Waals surface area contributed by atoms with E-state index in [1.165, 1.54) is 12.1 Å². The molecule has 0 N–H and O–H groups in total. The van der Waals surface area contributed by atoms with E-state index < -0.39 is 11.7 Å².